The van der Waals surface area contributed by atoms with Gasteiger partial charge in [0.2, 0.25) is 0 Å². The van der Waals surface area contributed by atoms with Gasteiger partial charge in [0.25, 0.3) is 0 Å². The van der Waals surface area contributed by atoms with Crippen molar-refractivity contribution in [2.45, 2.75) is 12.7 Å². The molecule has 0 aliphatic rings. The van der Waals surface area contributed by atoms with Crippen molar-refractivity contribution < 1.29 is 17.9 Å². The lowest BCUT2D eigenvalue weighted by Crippen LogP contribution is -2.37. The van der Waals surface area contributed by atoms with Gasteiger partial charge in [0, 0.05) is 19.6 Å². The van der Waals surface area contributed by atoms with Crippen LogP contribution in [0.4, 0.5) is 13.2 Å². The van der Waals surface area contributed by atoms with Gasteiger partial charge < -0.3 is 10.5 Å². The summed E-state index contributed by atoms with van der Waals surface area (Å²) in [6, 6.07) is 6.99. The summed E-state index contributed by atoms with van der Waals surface area (Å²) in [5, 5.41) is 0. The molecular weight excluding hydrogens is 245 g/mol. The zero-order valence-electron chi connectivity index (χ0n) is 10.2. The van der Waals surface area contributed by atoms with Crippen molar-refractivity contribution in [3.8, 4) is 5.75 Å². The molecule has 1 rings (SSSR count). The number of hydrogen-bond donors (Lipinski definition) is 1. The van der Waals surface area contributed by atoms with E-state index in [2.05, 4.69) is 0 Å². The summed E-state index contributed by atoms with van der Waals surface area (Å²) in [4.78, 5) is 1.27. The molecule has 0 bridgehead atoms. The van der Waals surface area contributed by atoms with Crippen LogP contribution >= 0.6 is 0 Å². The molecule has 0 atom stereocenters. The first-order valence-electron chi connectivity index (χ1n) is 5.56. The van der Waals surface area contributed by atoms with Crippen LogP contribution in [0.15, 0.2) is 24.3 Å². The summed E-state index contributed by atoms with van der Waals surface area (Å²) in [7, 11) is 1.52. The first kappa shape index (κ1) is 14.8. The molecule has 1 aromatic carbocycles. The highest BCUT2D eigenvalue weighted by molar-refractivity contribution is 5.28. The average molecular weight is 262 g/mol. The smallest absolute Gasteiger partial charge is 0.401 e. The second-order valence-corrected chi connectivity index (χ2v) is 3.97. The molecule has 1 aromatic rings. The van der Waals surface area contributed by atoms with Crippen molar-refractivity contribution in [2.75, 3.05) is 26.7 Å². The highest BCUT2D eigenvalue weighted by atomic mass is 19.4. The number of halogens is 3. The number of benzene rings is 1. The molecule has 0 spiro atoms. The molecule has 0 radical (unpaired) electrons. The Labute approximate surface area is 104 Å². The van der Waals surface area contributed by atoms with Crippen LogP contribution in [-0.4, -0.2) is 37.8 Å². The number of alkyl halides is 3. The minimum Gasteiger partial charge on any atom is -0.497 e. The second kappa shape index (κ2) is 6.61. The fourth-order valence-electron chi connectivity index (χ4n) is 1.68. The van der Waals surface area contributed by atoms with E-state index < -0.39 is 12.7 Å². The highest BCUT2D eigenvalue weighted by Gasteiger charge is 2.30. The molecule has 0 aromatic heterocycles. The summed E-state index contributed by atoms with van der Waals surface area (Å²) >= 11 is 0. The van der Waals surface area contributed by atoms with E-state index in [9.17, 15) is 13.2 Å². The van der Waals surface area contributed by atoms with Gasteiger partial charge in [-0.25, -0.2) is 0 Å². The lowest BCUT2D eigenvalue weighted by molar-refractivity contribution is -0.146. The van der Waals surface area contributed by atoms with E-state index in [1.54, 1.807) is 24.3 Å². The Hall–Kier alpha value is -1.27. The average Bonchev–Trinajstić information content (AvgIpc) is 2.27. The molecule has 0 saturated carbocycles. The topological polar surface area (TPSA) is 38.5 Å². The summed E-state index contributed by atoms with van der Waals surface area (Å²) in [6.45, 7) is -0.355. The second-order valence-electron chi connectivity index (χ2n) is 3.97. The van der Waals surface area contributed by atoms with E-state index in [0.29, 0.717) is 5.75 Å². The van der Waals surface area contributed by atoms with Crippen LogP contribution in [-0.2, 0) is 6.54 Å². The van der Waals surface area contributed by atoms with Gasteiger partial charge >= 0.3 is 6.18 Å². The number of nitrogens with two attached hydrogens (primary N) is 1. The van der Waals surface area contributed by atoms with Crippen molar-refractivity contribution in [3.05, 3.63) is 29.8 Å². The Kier molecular flexibility index (Phi) is 5.43. The van der Waals surface area contributed by atoms with Crippen molar-refractivity contribution in [3.63, 3.8) is 0 Å². The predicted molar refractivity (Wildman–Crippen MR) is 63.4 cm³/mol. The molecule has 0 heterocycles. The lowest BCUT2D eigenvalue weighted by Gasteiger charge is -2.23. The zero-order chi connectivity index (χ0) is 13.6. The third-order valence-electron chi connectivity index (χ3n) is 2.39. The number of ether oxygens (including phenoxy) is 1. The van der Waals surface area contributed by atoms with Crippen LogP contribution in [0.5, 0.6) is 5.75 Å². The number of hydrogen-bond acceptors (Lipinski definition) is 3. The van der Waals surface area contributed by atoms with Crippen molar-refractivity contribution in [2.24, 2.45) is 5.73 Å². The van der Waals surface area contributed by atoms with Crippen LogP contribution in [0.2, 0.25) is 0 Å². The predicted octanol–water partition coefficient (Wildman–Crippen LogP) is 2.02. The Morgan fingerprint density at radius 3 is 2.61 bits per heavy atom. The van der Waals surface area contributed by atoms with Crippen LogP contribution in [0.25, 0.3) is 0 Å². The van der Waals surface area contributed by atoms with Gasteiger partial charge in [-0.1, -0.05) is 12.1 Å². The molecule has 3 nitrogen and oxygen atoms in total. The van der Waals surface area contributed by atoms with Gasteiger partial charge in [-0.05, 0) is 17.7 Å². The Morgan fingerprint density at radius 1 is 1.33 bits per heavy atom. The fourth-order valence-corrected chi connectivity index (χ4v) is 1.68. The molecule has 0 unspecified atom stereocenters. The maximum atomic E-state index is 12.4. The summed E-state index contributed by atoms with van der Waals surface area (Å²) in [5.74, 6) is 0.632. The van der Waals surface area contributed by atoms with Crippen LogP contribution in [0.3, 0.4) is 0 Å². The first-order valence-corrected chi connectivity index (χ1v) is 5.56. The normalized spacial score (nSPS) is 11.9. The SMILES string of the molecule is COc1cccc(CN(CCN)CC(F)(F)F)c1. The summed E-state index contributed by atoms with van der Waals surface area (Å²) in [5.41, 5.74) is 6.09. The molecule has 0 amide bonds. The molecule has 0 saturated heterocycles. The lowest BCUT2D eigenvalue weighted by atomic mass is 10.2. The van der Waals surface area contributed by atoms with E-state index in [1.165, 1.54) is 12.0 Å². The number of nitrogens with zero attached hydrogens (tertiary/aromatic N) is 1. The fraction of sp³-hybridized carbons (Fsp3) is 0.500. The minimum absolute atomic E-state index is 0.194. The van der Waals surface area contributed by atoms with Gasteiger partial charge in [0.1, 0.15) is 5.75 Å². The summed E-state index contributed by atoms with van der Waals surface area (Å²) < 4.78 is 42.1. The zero-order valence-corrected chi connectivity index (χ0v) is 10.2. The number of rotatable bonds is 6. The molecule has 2 N–H and O–H groups in total. The van der Waals surface area contributed by atoms with Gasteiger partial charge in [-0.2, -0.15) is 13.2 Å². The van der Waals surface area contributed by atoms with Crippen molar-refractivity contribution >= 4 is 0 Å². The van der Waals surface area contributed by atoms with Crippen molar-refractivity contribution in [1.82, 2.24) is 4.90 Å². The van der Waals surface area contributed by atoms with Gasteiger partial charge in [-0.15, -0.1) is 0 Å². The molecule has 0 fully saturated rings. The third-order valence-corrected chi connectivity index (χ3v) is 2.39. The van der Waals surface area contributed by atoms with Crippen LogP contribution in [0, 0.1) is 0 Å². The first-order chi connectivity index (χ1) is 8.44. The van der Waals surface area contributed by atoms with Crippen LogP contribution < -0.4 is 10.5 Å². The van der Waals surface area contributed by atoms with Gasteiger partial charge in [0.05, 0.1) is 13.7 Å². The Morgan fingerprint density at radius 2 is 2.06 bits per heavy atom. The molecule has 102 valence electrons. The maximum Gasteiger partial charge on any atom is 0.401 e. The quantitative estimate of drug-likeness (QED) is 0.852. The molecule has 6 heteroatoms. The molecule has 0 aliphatic heterocycles. The minimum atomic E-state index is -4.21. The largest absolute Gasteiger partial charge is 0.497 e. The third kappa shape index (κ3) is 5.37. The van der Waals surface area contributed by atoms with Gasteiger partial charge in [-0.3, -0.25) is 4.90 Å². The van der Waals surface area contributed by atoms with E-state index in [4.69, 9.17) is 10.5 Å². The molecule has 0 aliphatic carbocycles. The Bertz CT molecular complexity index is 369. The van der Waals surface area contributed by atoms with Crippen LogP contribution in [0.1, 0.15) is 5.56 Å². The number of methoxy groups -OCH3 is 1. The van der Waals surface area contributed by atoms with E-state index in [-0.39, 0.29) is 19.6 Å². The standard InChI is InChI=1S/C12H17F3N2O/c1-18-11-4-2-3-10(7-11)8-17(6-5-16)9-12(13,14)15/h2-4,7H,5-6,8-9,16H2,1H3. The van der Waals surface area contributed by atoms with E-state index in [0.717, 1.165) is 5.56 Å². The Balaban J connectivity index is 2.69. The maximum absolute atomic E-state index is 12.4. The molecular formula is C12H17F3N2O. The van der Waals surface area contributed by atoms with E-state index >= 15 is 0 Å². The van der Waals surface area contributed by atoms with Gasteiger partial charge in [0.15, 0.2) is 0 Å². The molecule has 18 heavy (non-hydrogen) atoms. The van der Waals surface area contributed by atoms with E-state index in [1.807, 2.05) is 0 Å². The highest BCUT2D eigenvalue weighted by Crippen LogP contribution is 2.19. The monoisotopic (exact) mass is 262 g/mol. The summed E-state index contributed by atoms with van der Waals surface area (Å²) in [6.07, 6.45) is -4.21. The van der Waals surface area contributed by atoms with Crippen molar-refractivity contribution in [1.29, 1.82) is 0 Å².